The average Bonchev–Trinajstić information content (AvgIpc) is 2.81. The van der Waals surface area contributed by atoms with E-state index in [1.54, 1.807) is 0 Å². The van der Waals surface area contributed by atoms with Gasteiger partial charge in [0.25, 0.3) is 5.91 Å². The number of aromatic nitrogens is 1. The van der Waals surface area contributed by atoms with Crippen molar-refractivity contribution in [2.75, 3.05) is 13.1 Å². The van der Waals surface area contributed by atoms with E-state index in [-0.39, 0.29) is 5.91 Å². The number of nitrogens with one attached hydrogen (secondary N) is 1. The first-order valence-corrected chi connectivity index (χ1v) is 7.67. The minimum atomic E-state index is -0.229. The molecule has 1 unspecified atom stereocenters. The molecule has 0 aliphatic carbocycles. The molecule has 1 saturated heterocycles. The molecule has 0 radical (unpaired) electrons. The van der Waals surface area contributed by atoms with E-state index >= 15 is 0 Å². The van der Waals surface area contributed by atoms with Crippen LogP contribution in [0.4, 0.5) is 0 Å². The molecule has 2 heterocycles. The van der Waals surface area contributed by atoms with Gasteiger partial charge in [0.2, 0.25) is 0 Å². The Balaban J connectivity index is 2.08. The molecule has 0 saturated carbocycles. The molecule has 1 aliphatic heterocycles. The molecule has 1 amide bonds. The molecular weight excluding hydrogens is 260 g/mol. The van der Waals surface area contributed by atoms with Gasteiger partial charge in [0, 0.05) is 6.54 Å². The molecule has 3 N–H and O–H groups in total. The maximum absolute atomic E-state index is 11.7. The second kappa shape index (κ2) is 6.45. The summed E-state index contributed by atoms with van der Waals surface area (Å²) >= 11 is 1.47. The van der Waals surface area contributed by atoms with Crippen LogP contribution in [0.3, 0.4) is 0 Å². The summed E-state index contributed by atoms with van der Waals surface area (Å²) in [6, 6.07) is 0. The van der Waals surface area contributed by atoms with Gasteiger partial charge in [0.05, 0.1) is 12.2 Å². The highest BCUT2D eigenvalue weighted by atomic mass is 32.1. The zero-order chi connectivity index (χ0) is 13.8. The second-order valence-electron chi connectivity index (χ2n) is 5.19. The van der Waals surface area contributed by atoms with Crippen molar-refractivity contribution in [2.45, 2.75) is 39.7 Å². The molecule has 2 rings (SSSR count). The van der Waals surface area contributed by atoms with Crippen molar-refractivity contribution in [2.24, 2.45) is 11.8 Å². The number of nitrogens with two attached hydrogens (primary N) is 1. The third-order valence-electron chi connectivity index (χ3n) is 3.51. The number of carbonyl (C=O) groups is 1. The Hall–Kier alpha value is -0.980. The highest BCUT2D eigenvalue weighted by Gasteiger charge is 2.20. The summed E-state index contributed by atoms with van der Waals surface area (Å²) in [6.07, 6.45) is 3.33. The van der Waals surface area contributed by atoms with E-state index in [0.717, 1.165) is 42.7 Å². The van der Waals surface area contributed by atoms with Crippen LogP contribution < -0.4 is 11.3 Å². The number of nitrogens with zero attached hydrogens (tertiary/aromatic N) is 2. The Labute approximate surface area is 118 Å². The van der Waals surface area contributed by atoms with E-state index in [0.29, 0.717) is 4.88 Å². The highest BCUT2D eigenvalue weighted by molar-refractivity contribution is 7.13. The minimum Gasteiger partial charge on any atom is -0.296 e. The van der Waals surface area contributed by atoms with Gasteiger partial charge in [-0.15, -0.1) is 11.3 Å². The van der Waals surface area contributed by atoms with Crippen LogP contribution in [0.2, 0.25) is 0 Å². The van der Waals surface area contributed by atoms with Crippen LogP contribution in [-0.4, -0.2) is 28.9 Å². The van der Waals surface area contributed by atoms with Gasteiger partial charge in [0.1, 0.15) is 9.88 Å². The smallest absolute Gasteiger partial charge is 0.277 e. The molecule has 1 aromatic heterocycles. The number of hydrazine groups is 1. The van der Waals surface area contributed by atoms with Crippen molar-refractivity contribution >= 4 is 17.2 Å². The number of thiazole rings is 1. The Kier molecular flexibility index (Phi) is 4.90. The molecule has 1 aliphatic rings. The minimum absolute atomic E-state index is 0.229. The van der Waals surface area contributed by atoms with Gasteiger partial charge in [0.15, 0.2) is 0 Å². The molecule has 0 aromatic carbocycles. The third-order valence-corrected chi connectivity index (χ3v) is 4.60. The summed E-state index contributed by atoms with van der Waals surface area (Å²) in [7, 11) is 0. The van der Waals surface area contributed by atoms with Crippen molar-refractivity contribution < 1.29 is 4.79 Å². The molecular formula is C13H22N4OS. The lowest BCUT2D eigenvalue weighted by Crippen LogP contribution is -2.33. The van der Waals surface area contributed by atoms with Gasteiger partial charge in [-0.3, -0.25) is 15.1 Å². The van der Waals surface area contributed by atoms with Crippen LogP contribution in [0, 0.1) is 5.92 Å². The number of piperidine rings is 1. The van der Waals surface area contributed by atoms with Gasteiger partial charge in [-0.1, -0.05) is 13.8 Å². The van der Waals surface area contributed by atoms with E-state index in [4.69, 9.17) is 5.84 Å². The van der Waals surface area contributed by atoms with Gasteiger partial charge < -0.3 is 0 Å². The van der Waals surface area contributed by atoms with E-state index in [1.165, 1.54) is 24.2 Å². The zero-order valence-electron chi connectivity index (χ0n) is 11.6. The van der Waals surface area contributed by atoms with Gasteiger partial charge in [-0.05, 0) is 31.7 Å². The summed E-state index contributed by atoms with van der Waals surface area (Å²) in [5.41, 5.74) is 3.05. The number of amides is 1. The molecule has 19 heavy (non-hydrogen) atoms. The number of hydrogen-bond acceptors (Lipinski definition) is 5. The standard InChI is InChI=1S/C13H22N4OS/c1-3-10-12(13(18)16-14)19-11(15-10)8-17-6-4-5-9(2)7-17/h9H,3-8,14H2,1-2H3,(H,16,18). The highest BCUT2D eigenvalue weighted by Crippen LogP contribution is 2.23. The summed E-state index contributed by atoms with van der Waals surface area (Å²) in [4.78, 5) is 19.3. The molecule has 0 bridgehead atoms. The number of likely N-dealkylation sites (tertiary alicyclic amines) is 1. The van der Waals surface area contributed by atoms with Crippen LogP contribution >= 0.6 is 11.3 Å². The van der Waals surface area contributed by atoms with Crippen LogP contribution in [0.5, 0.6) is 0 Å². The number of carbonyl (C=O) groups excluding carboxylic acids is 1. The first-order valence-electron chi connectivity index (χ1n) is 6.86. The van der Waals surface area contributed by atoms with Crippen molar-refractivity contribution in [3.05, 3.63) is 15.6 Å². The number of rotatable bonds is 4. The molecule has 1 aromatic rings. The molecule has 1 fully saturated rings. The van der Waals surface area contributed by atoms with Crippen LogP contribution in [-0.2, 0) is 13.0 Å². The summed E-state index contributed by atoms with van der Waals surface area (Å²) in [5.74, 6) is 5.73. The molecule has 106 valence electrons. The fourth-order valence-corrected chi connectivity index (χ4v) is 3.67. The topological polar surface area (TPSA) is 71.2 Å². The van der Waals surface area contributed by atoms with Crippen molar-refractivity contribution in [3.8, 4) is 0 Å². The lowest BCUT2D eigenvalue weighted by molar-refractivity contribution is 0.0956. The summed E-state index contributed by atoms with van der Waals surface area (Å²) in [6.45, 7) is 7.40. The van der Waals surface area contributed by atoms with Crippen LogP contribution in [0.1, 0.15) is 47.1 Å². The van der Waals surface area contributed by atoms with Gasteiger partial charge >= 0.3 is 0 Å². The predicted molar refractivity (Wildman–Crippen MR) is 76.8 cm³/mol. The first-order chi connectivity index (χ1) is 9.13. The largest absolute Gasteiger partial charge is 0.296 e. The number of nitrogen functional groups attached to an aromatic ring is 1. The molecule has 0 spiro atoms. The van der Waals surface area contributed by atoms with Crippen molar-refractivity contribution in [1.82, 2.24) is 15.3 Å². The normalized spacial score (nSPS) is 20.5. The average molecular weight is 282 g/mol. The van der Waals surface area contributed by atoms with E-state index in [2.05, 4.69) is 22.2 Å². The maximum Gasteiger partial charge on any atom is 0.277 e. The molecule has 5 nitrogen and oxygen atoms in total. The zero-order valence-corrected chi connectivity index (χ0v) is 12.4. The Morgan fingerprint density at radius 3 is 3.05 bits per heavy atom. The summed E-state index contributed by atoms with van der Waals surface area (Å²) in [5, 5.41) is 1.02. The lowest BCUT2D eigenvalue weighted by Gasteiger charge is -2.29. The van der Waals surface area contributed by atoms with Gasteiger partial charge in [-0.25, -0.2) is 10.8 Å². The Morgan fingerprint density at radius 2 is 2.42 bits per heavy atom. The van der Waals surface area contributed by atoms with Crippen LogP contribution in [0.15, 0.2) is 0 Å². The second-order valence-corrected chi connectivity index (χ2v) is 6.28. The number of hydrogen-bond donors (Lipinski definition) is 2. The molecule has 1 atom stereocenters. The predicted octanol–water partition coefficient (Wildman–Crippen LogP) is 1.54. The van der Waals surface area contributed by atoms with E-state index in [1.807, 2.05) is 6.92 Å². The number of aryl methyl sites for hydroxylation is 1. The summed E-state index contributed by atoms with van der Waals surface area (Å²) < 4.78 is 0. The Bertz CT molecular complexity index is 446. The third kappa shape index (κ3) is 3.52. The fourth-order valence-electron chi connectivity index (χ4n) is 2.57. The van der Waals surface area contributed by atoms with Gasteiger partial charge in [-0.2, -0.15) is 0 Å². The maximum atomic E-state index is 11.7. The van der Waals surface area contributed by atoms with E-state index < -0.39 is 0 Å². The van der Waals surface area contributed by atoms with Crippen molar-refractivity contribution in [3.63, 3.8) is 0 Å². The SMILES string of the molecule is CCc1nc(CN2CCCC(C)C2)sc1C(=O)NN. The van der Waals surface area contributed by atoms with Crippen LogP contribution in [0.25, 0.3) is 0 Å². The fraction of sp³-hybridized carbons (Fsp3) is 0.692. The van der Waals surface area contributed by atoms with E-state index in [9.17, 15) is 4.79 Å². The first kappa shape index (κ1) is 14.4. The Morgan fingerprint density at radius 1 is 1.63 bits per heavy atom. The lowest BCUT2D eigenvalue weighted by atomic mass is 10.0. The van der Waals surface area contributed by atoms with Crippen molar-refractivity contribution in [1.29, 1.82) is 0 Å². The monoisotopic (exact) mass is 282 g/mol. The molecule has 6 heteroatoms. The quantitative estimate of drug-likeness (QED) is 0.499.